The van der Waals surface area contributed by atoms with Gasteiger partial charge in [-0.3, -0.25) is 4.79 Å². The van der Waals surface area contributed by atoms with Crippen LogP contribution in [0.25, 0.3) is 0 Å². The Labute approximate surface area is 119 Å². The lowest BCUT2D eigenvalue weighted by Gasteiger charge is -2.23. The SMILES string of the molecule is CC1(NC(=O)COCc2ccccc2)CCS(=O)(=O)C1. The van der Waals surface area contributed by atoms with Gasteiger partial charge in [-0.25, -0.2) is 8.42 Å². The second-order valence-corrected chi connectivity index (χ2v) is 7.61. The van der Waals surface area contributed by atoms with Gasteiger partial charge in [-0.05, 0) is 18.9 Å². The molecule has 1 aliphatic rings. The smallest absolute Gasteiger partial charge is 0.246 e. The fraction of sp³-hybridized carbons (Fsp3) is 0.500. The fourth-order valence-electron chi connectivity index (χ4n) is 2.32. The molecule has 2 rings (SSSR count). The number of ether oxygens (including phenoxy) is 1. The van der Waals surface area contributed by atoms with Crippen LogP contribution in [0.2, 0.25) is 0 Å². The Morgan fingerprint density at radius 2 is 2.05 bits per heavy atom. The summed E-state index contributed by atoms with van der Waals surface area (Å²) in [4.78, 5) is 11.8. The molecule has 0 spiro atoms. The summed E-state index contributed by atoms with van der Waals surface area (Å²) in [5.74, 6) is -0.139. The van der Waals surface area contributed by atoms with E-state index in [1.54, 1.807) is 6.92 Å². The van der Waals surface area contributed by atoms with Crippen molar-refractivity contribution in [2.45, 2.75) is 25.5 Å². The van der Waals surface area contributed by atoms with E-state index in [0.29, 0.717) is 13.0 Å². The second kappa shape index (κ2) is 5.93. The Morgan fingerprint density at radius 1 is 1.35 bits per heavy atom. The minimum Gasteiger partial charge on any atom is -0.367 e. The quantitative estimate of drug-likeness (QED) is 0.876. The molecule has 1 aliphatic heterocycles. The van der Waals surface area contributed by atoms with E-state index in [9.17, 15) is 13.2 Å². The molecule has 5 nitrogen and oxygen atoms in total. The van der Waals surface area contributed by atoms with Crippen LogP contribution in [-0.2, 0) is 26.0 Å². The molecular weight excluding hydrogens is 278 g/mol. The minimum atomic E-state index is -3.02. The Hall–Kier alpha value is -1.40. The van der Waals surface area contributed by atoms with Crippen LogP contribution < -0.4 is 5.32 Å². The van der Waals surface area contributed by atoms with Gasteiger partial charge in [0.15, 0.2) is 9.84 Å². The Kier molecular flexibility index (Phi) is 4.45. The molecule has 1 saturated heterocycles. The summed E-state index contributed by atoms with van der Waals surface area (Å²) in [5.41, 5.74) is 0.335. The summed E-state index contributed by atoms with van der Waals surface area (Å²) in [6, 6.07) is 9.56. The molecule has 1 N–H and O–H groups in total. The molecule has 0 saturated carbocycles. The highest BCUT2D eigenvalue weighted by Gasteiger charge is 2.39. The van der Waals surface area contributed by atoms with Crippen LogP contribution >= 0.6 is 0 Å². The molecule has 1 amide bonds. The van der Waals surface area contributed by atoms with Crippen molar-refractivity contribution in [2.24, 2.45) is 0 Å². The number of amides is 1. The van der Waals surface area contributed by atoms with Gasteiger partial charge >= 0.3 is 0 Å². The summed E-state index contributed by atoms with van der Waals surface area (Å²) >= 11 is 0. The maximum Gasteiger partial charge on any atom is 0.246 e. The fourth-order valence-corrected chi connectivity index (χ4v) is 4.41. The number of hydrogen-bond acceptors (Lipinski definition) is 4. The normalized spacial score (nSPS) is 24.4. The van der Waals surface area contributed by atoms with Gasteiger partial charge in [-0.2, -0.15) is 0 Å². The van der Waals surface area contributed by atoms with Gasteiger partial charge in [-0.1, -0.05) is 30.3 Å². The van der Waals surface area contributed by atoms with Gasteiger partial charge in [-0.15, -0.1) is 0 Å². The molecule has 0 aliphatic carbocycles. The van der Waals surface area contributed by atoms with E-state index in [1.165, 1.54) is 0 Å². The lowest BCUT2D eigenvalue weighted by Crippen LogP contribution is -2.48. The van der Waals surface area contributed by atoms with Crippen molar-refractivity contribution in [1.29, 1.82) is 0 Å². The van der Waals surface area contributed by atoms with Crippen LogP contribution in [0, 0.1) is 0 Å². The number of carbonyl (C=O) groups excluding carboxylic acids is 1. The van der Waals surface area contributed by atoms with Gasteiger partial charge in [0.05, 0.1) is 23.7 Å². The van der Waals surface area contributed by atoms with Crippen molar-refractivity contribution >= 4 is 15.7 Å². The maximum atomic E-state index is 11.8. The van der Waals surface area contributed by atoms with Crippen molar-refractivity contribution in [1.82, 2.24) is 5.32 Å². The molecule has 0 radical (unpaired) electrons. The van der Waals surface area contributed by atoms with E-state index in [4.69, 9.17) is 4.74 Å². The Balaban J connectivity index is 1.76. The standard InChI is InChI=1S/C14H19NO4S/c1-14(7-8-20(17,18)11-14)15-13(16)10-19-9-12-5-3-2-4-6-12/h2-6H,7-11H2,1H3,(H,15,16). The molecule has 20 heavy (non-hydrogen) atoms. The van der Waals surface area contributed by atoms with Gasteiger partial charge in [0.2, 0.25) is 5.91 Å². The predicted molar refractivity (Wildman–Crippen MR) is 75.9 cm³/mol. The molecule has 1 heterocycles. The topological polar surface area (TPSA) is 72.5 Å². The van der Waals surface area contributed by atoms with Crippen LogP contribution in [0.5, 0.6) is 0 Å². The first-order valence-electron chi connectivity index (χ1n) is 6.52. The van der Waals surface area contributed by atoms with Crippen LogP contribution in [0.4, 0.5) is 0 Å². The highest BCUT2D eigenvalue weighted by atomic mass is 32.2. The first-order chi connectivity index (χ1) is 9.39. The molecule has 1 aromatic rings. The second-order valence-electron chi connectivity index (χ2n) is 5.43. The third-order valence-corrected chi connectivity index (χ3v) is 5.19. The van der Waals surface area contributed by atoms with Crippen molar-refractivity contribution in [3.05, 3.63) is 35.9 Å². The van der Waals surface area contributed by atoms with Crippen LogP contribution in [0.3, 0.4) is 0 Å². The van der Waals surface area contributed by atoms with Gasteiger partial charge in [0, 0.05) is 0 Å². The van der Waals surface area contributed by atoms with Crippen LogP contribution in [0.15, 0.2) is 30.3 Å². The molecular formula is C14H19NO4S. The Bertz CT molecular complexity index is 570. The number of benzene rings is 1. The molecule has 1 atom stereocenters. The first-order valence-corrected chi connectivity index (χ1v) is 8.34. The number of sulfone groups is 1. The number of rotatable bonds is 5. The summed E-state index contributed by atoms with van der Waals surface area (Å²) in [6.07, 6.45) is 0.458. The highest BCUT2D eigenvalue weighted by Crippen LogP contribution is 2.22. The van der Waals surface area contributed by atoms with Crippen molar-refractivity contribution in [3.8, 4) is 0 Å². The predicted octanol–water partition coefficient (Wildman–Crippen LogP) is 0.897. The minimum absolute atomic E-state index is 0.00439. The van der Waals surface area contributed by atoms with Crippen molar-refractivity contribution in [3.63, 3.8) is 0 Å². The average Bonchev–Trinajstić information content (AvgIpc) is 2.64. The van der Waals surface area contributed by atoms with Crippen molar-refractivity contribution in [2.75, 3.05) is 18.1 Å². The maximum absolute atomic E-state index is 11.8. The van der Waals surface area contributed by atoms with Gasteiger partial charge in [0.1, 0.15) is 6.61 Å². The first kappa shape index (κ1) is 15.0. The third kappa shape index (κ3) is 4.31. The summed E-state index contributed by atoms with van der Waals surface area (Å²) in [7, 11) is -3.02. The highest BCUT2D eigenvalue weighted by molar-refractivity contribution is 7.91. The summed E-state index contributed by atoms with van der Waals surface area (Å²) in [5, 5.41) is 2.75. The molecule has 0 bridgehead atoms. The monoisotopic (exact) mass is 297 g/mol. The largest absolute Gasteiger partial charge is 0.367 e. The lowest BCUT2D eigenvalue weighted by molar-refractivity contribution is -0.127. The van der Waals surface area contributed by atoms with E-state index in [2.05, 4.69) is 5.32 Å². The average molecular weight is 297 g/mol. The van der Waals surface area contributed by atoms with Crippen LogP contribution in [0.1, 0.15) is 18.9 Å². The van der Waals surface area contributed by atoms with Gasteiger partial charge < -0.3 is 10.1 Å². The van der Waals surface area contributed by atoms with E-state index in [-0.39, 0.29) is 24.0 Å². The van der Waals surface area contributed by atoms with Gasteiger partial charge in [0.25, 0.3) is 0 Å². The summed E-state index contributed by atoms with van der Waals surface area (Å²) < 4.78 is 28.2. The molecule has 0 aromatic heterocycles. The van der Waals surface area contributed by atoms with E-state index in [1.807, 2.05) is 30.3 Å². The van der Waals surface area contributed by atoms with E-state index < -0.39 is 15.4 Å². The number of hydrogen-bond donors (Lipinski definition) is 1. The number of nitrogens with one attached hydrogen (secondary N) is 1. The lowest BCUT2D eigenvalue weighted by atomic mass is 10.0. The summed E-state index contributed by atoms with van der Waals surface area (Å²) in [6.45, 7) is 2.06. The van der Waals surface area contributed by atoms with E-state index in [0.717, 1.165) is 5.56 Å². The molecule has 1 unspecified atom stereocenters. The zero-order valence-corrected chi connectivity index (χ0v) is 12.3. The molecule has 1 fully saturated rings. The van der Waals surface area contributed by atoms with E-state index >= 15 is 0 Å². The number of carbonyl (C=O) groups is 1. The molecule has 6 heteroatoms. The Morgan fingerprint density at radius 3 is 2.65 bits per heavy atom. The van der Waals surface area contributed by atoms with Crippen LogP contribution in [-0.4, -0.2) is 38.0 Å². The molecule has 1 aromatic carbocycles. The third-order valence-electron chi connectivity index (χ3n) is 3.29. The zero-order valence-electron chi connectivity index (χ0n) is 11.5. The zero-order chi connectivity index (χ0) is 14.6. The molecule has 110 valence electrons. The van der Waals surface area contributed by atoms with Crippen molar-refractivity contribution < 1.29 is 17.9 Å².